The van der Waals surface area contributed by atoms with Crippen LogP contribution in [0.5, 0.6) is 0 Å². The average Bonchev–Trinajstić information content (AvgIpc) is 3.00. The number of carboxylic acid groups (broad SMARTS) is 1. The van der Waals surface area contributed by atoms with E-state index in [1.54, 1.807) is 0 Å². The number of esters is 2. The first-order chi connectivity index (χ1) is 22.1. The summed E-state index contributed by atoms with van der Waals surface area (Å²) in [4.78, 5) is 36.6. The van der Waals surface area contributed by atoms with E-state index in [-0.39, 0.29) is 36.2 Å². The first-order valence-corrected chi connectivity index (χ1v) is 18.7. The Morgan fingerprint density at radius 2 is 1.09 bits per heavy atom. The molecule has 46 heavy (non-hydrogen) atoms. The third-order valence-electron chi connectivity index (χ3n) is 8.41. The second-order valence-corrected chi connectivity index (χ2v) is 13.8. The molecule has 0 aliphatic rings. The summed E-state index contributed by atoms with van der Waals surface area (Å²) in [6, 6.07) is -0.610. The van der Waals surface area contributed by atoms with Gasteiger partial charge in [0.15, 0.2) is 12.1 Å². The van der Waals surface area contributed by atoms with E-state index in [2.05, 4.69) is 26.0 Å². The Morgan fingerprint density at radius 3 is 1.59 bits per heavy atom. The molecule has 8 nitrogen and oxygen atoms in total. The van der Waals surface area contributed by atoms with Gasteiger partial charge in [-0.05, 0) is 38.5 Å². The molecule has 0 bridgehead atoms. The molecule has 0 aromatic carbocycles. The number of rotatable bonds is 33. The minimum Gasteiger partial charge on any atom is -0.477 e. The molecule has 0 aliphatic heterocycles. The first kappa shape index (κ1) is 44.1. The zero-order chi connectivity index (χ0) is 34.3. The number of carbonyl (C=O) groups excluding carboxylic acids is 2. The molecule has 2 atom stereocenters. The number of hydrogen-bond donors (Lipinski definition) is 1. The Hall–Kier alpha value is -1.93. The number of quaternary nitrogens is 1. The molecule has 2 unspecified atom stereocenters. The van der Waals surface area contributed by atoms with E-state index >= 15 is 0 Å². The van der Waals surface area contributed by atoms with Crippen LogP contribution in [-0.4, -0.2) is 80.6 Å². The fraction of sp³-hybridized carbons (Fsp3) is 0.868. The molecule has 0 aliphatic carbocycles. The molecule has 0 amide bonds. The Bertz CT molecular complexity index is 778. The number of aliphatic carboxylic acids is 1. The minimum atomic E-state index is -0.877. The maximum absolute atomic E-state index is 12.6. The van der Waals surface area contributed by atoms with Crippen molar-refractivity contribution >= 4 is 17.9 Å². The summed E-state index contributed by atoms with van der Waals surface area (Å²) in [6.07, 6.45) is 28.2. The highest BCUT2D eigenvalue weighted by molar-refractivity contribution is 5.72. The quantitative estimate of drug-likeness (QED) is 0.0326. The van der Waals surface area contributed by atoms with Crippen molar-refractivity contribution in [1.29, 1.82) is 0 Å². The lowest BCUT2D eigenvalue weighted by Gasteiger charge is -2.31. The Labute approximate surface area is 282 Å². The molecule has 1 N–H and O–H groups in total. The number of carbonyl (C=O) groups is 3. The Morgan fingerprint density at radius 1 is 0.630 bits per heavy atom. The number of unbranched alkanes of at least 4 members (excludes halogenated alkanes) is 17. The summed E-state index contributed by atoms with van der Waals surface area (Å²) in [5.41, 5.74) is 0. The van der Waals surface area contributed by atoms with Crippen molar-refractivity contribution in [2.45, 2.75) is 174 Å². The van der Waals surface area contributed by atoms with Gasteiger partial charge in [0.2, 0.25) is 0 Å². The van der Waals surface area contributed by atoms with E-state index < -0.39 is 18.1 Å². The lowest BCUT2D eigenvalue weighted by atomic mass is 10.1. The van der Waals surface area contributed by atoms with E-state index in [4.69, 9.17) is 14.2 Å². The maximum atomic E-state index is 12.6. The highest BCUT2D eigenvalue weighted by Gasteiger charge is 2.31. The second kappa shape index (κ2) is 30.4. The van der Waals surface area contributed by atoms with Crippen molar-refractivity contribution in [2.24, 2.45) is 0 Å². The number of carboxylic acids is 1. The van der Waals surface area contributed by atoms with Gasteiger partial charge in [0.1, 0.15) is 6.61 Å². The molecule has 0 saturated heterocycles. The van der Waals surface area contributed by atoms with Crippen molar-refractivity contribution in [3.63, 3.8) is 0 Å². The van der Waals surface area contributed by atoms with Crippen LogP contribution in [0.4, 0.5) is 0 Å². The van der Waals surface area contributed by atoms with Gasteiger partial charge in [0.25, 0.3) is 0 Å². The predicted octanol–water partition coefficient (Wildman–Crippen LogP) is 9.19. The topological polar surface area (TPSA) is 99.1 Å². The zero-order valence-corrected chi connectivity index (χ0v) is 30.5. The van der Waals surface area contributed by atoms with Gasteiger partial charge < -0.3 is 23.8 Å². The largest absolute Gasteiger partial charge is 0.477 e. The molecule has 0 heterocycles. The molecule has 0 radical (unpaired) electrons. The highest BCUT2D eigenvalue weighted by atomic mass is 16.6. The molecular weight excluding hydrogens is 582 g/mol. The van der Waals surface area contributed by atoms with Crippen molar-refractivity contribution in [2.75, 3.05) is 41.0 Å². The Balaban J connectivity index is 4.43. The number of allylic oxidation sites excluding steroid dienone is 2. The van der Waals surface area contributed by atoms with Crippen LogP contribution >= 0.6 is 0 Å². The van der Waals surface area contributed by atoms with Crippen molar-refractivity contribution in [1.82, 2.24) is 0 Å². The van der Waals surface area contributed by atoms with Crippen LogP contribution < -0.4 is 0 Å². The molecule has 0 spiro atoms. The highest BCUT2D eigenvalue weighted by Crippen LogP contribution is 2.13. The fourth-order valence-electron chi connectivity index (χ4n) is 5.44. The summed E-state index contributed by atoms with van der Waals surface area (Å²) in [7, 11) is 5.51. The van der Waals surface area contributed by atoms with Crippen LogP contribution in [0.2, 0.25) is 0 Å². The average molecular weight is 655 g/mol. The molecule has 0 saturated carbocycles. The summed E-state index contributed by atoms with van der Waals surface area (Å²) in [5, 5.41) is 9.56. The van der Waals surface area contributed by atoms with Crippen LogP contribution in [0.1, 0.15) is 162 Å². The molecule has 0 aromatic heterocycles. The van der Waals surface area contributed by atoms with Crippen molar-refractivity contribution in [3.05, 3.63) is 12.2 Å². The molecule has 0 fully saturated rings. The number of hydrogen-bond acceptors (Lipinski definition) is 6. The van der Waals surface area contributed by atoms with Gasteiger partial charge in [0, 0.05) is 19.3 Å². The summed E-state index contributed by atoms with van der Waals surface area (Å²) in [6.45, 7) is 4.68. The van der Waals surface area contributed by atoms with E-state index in [1.807, 2.05) is 21.1 Å². The number of nitrogens with zero attached hydrogens (tertiary/aromatic N) is 1. The smallest absolute Gasteiger partial charge is 0.362 e. The van der Waals surface area contributed by atoms with Crippen LogP contribution in [-0.2, 0) is 28.6 Å². The summed E-state index contributed by atoms with van der Waals surface area (Å²) >= 11 is 0. The third-order valence-corrected chi connectivity index (χ3v) is 8.41. The van der Waals surface area contributed by atoms with E-state index in [0.717, 1.165) is 51.4 Å². The maximum Gasteiger partial charge on any atom is 0.362 e. The van der Waals surface area contributed by atoms with Crippen molar-refractivity contribution < 1.29 is 38.2 Å². The molecular formula is C38H72NO7+. The number of likely N-dealkylation sites (N-methyl/N-ethyl adjacent to an activating group) is 1. The molecule has 0 aromatic rings. The monoisotopic (exact) mass is 655 g/mol. The summed E-state index contributed by atoms with van der Waals surface area (Å²) < 4.78 is 17.1. The normalized spacial score (nSPS) is 13.2. The number of ether oxygens (including phenoxy) is 3. The Kier molecular flexibility index (Phi) is 29.1. The van der Waals surface area contributed by atoms with Gasteiger partial charge >= 0.3 is 17.9 Å². The molecule has 270 valence electrons. The van der Waals surface area contributed by atoms with E-state index in [0.29, 0.717) is 19.3 Å². The lowest BCUT2D eigenvalue weighted by Crippen LogP contribution is -2.50. The molecule has 8 heteroatoms. The van der Waals surface area contributed by atoms with E-state index in [9.17, 15) is 19.5 Å². The summed E-state index contributed by atoms with van der Waals surface area (Å²) in [5.74, 6) is -1.49. The molecule has 0 rings (SSSR count). The van der Waals surface area contributed by atoms with Gasteiger partial charge in [-0.1, -0.05) is 116 Å². The van der Waals surface area contributed by atoms with Gasteiger partial charge in [-0.3, -0.25) is 9.59 Å². The van der Waals surface area contributed by atoms with Gasteiger partial charge in [-0.25, -0.2) is 4.79 Å². The minimum absolute atomic E-state index is 0.0544. The third kappa shape index (κ3) is 28.3. The van der Waals surface area contributed by atoms with E-state index in [1.165, 1.54) is 77.0 Å². The lowest BCUT2D eigenvalue weighted by molar-refractivity contribution is -0.887. The SMILES string of the molecule is CCCCCCCC/C=C/CCCCCC(=O)OCC(COCCC(C(=O)O)[N+](C)(C)C)OC(=O)CCCCCCCCCCC. The fourth-order valence-corrected chi connectivity index (χ4v) is 5.44. The predicted molar refractivity (Wildman–Crippen MR) is 188 cm³/mol. The van der Waals surface area contributed by atoms with Crippen LogP contribution in [0.25, 0.3) is 0 Å². The zero-order valence-electron chi connectivity index (χ0n) is 30.5. The van der Waals surface area contributed by atoms with Gasteiger partial charge in [-0.15, -0.1) is 0 Å². The first-order valence-electron chi connectivity index (χ1n) is 18.7. The van der Waals surface area contributed by atoms with Crippen LogP contribution in [0.3, 0.4) is 0 Å². The van der Waals surface area contributed by atoms with Crippen molar-refractivity contribution in [3.8, 4) is 0 Å². The van der Waals surface area contributed by atoms with Gasteiger partial charge in [-0.2, -0.15) is 0 Å². The van der Waals surface area contributed by atoms with Crippen LogP contribution in [0.15, 0.2) is 12.2 Å². The van der Waals surface area contributed by atoms with Crippen LogP contribution in [0, 0.1) is 0 Å². The second-order valence-electron chi connectivity index (χ2n) is 13.8. The standard InChI is InChI=1S/C38H71NO7/c1-6-8-10-12-14-16-17-18-19-21-22-24-26-28-36(40)45-33-34(32-44-31-30-35(38(42)43)39(3,4)5)46-37(41)29-27-25-23-20-15-13-11-9-7-2/h18-19,34-35H,6-17,20-33H2,1-5H3/p+1/b19-18+. The van der Waals surface area contributed by atoms with Gasteiger partial charge in [0.05, 0.1) is 34.4 Å².